The molecule has 1 aliphatic heterocycles. The molecule has 8 heteroatoms. The summed E-state index contributed by atoms with van der Waals surface area (Å²) in [4.78, 5) is 30.5. The van der Waals surface area contributed by atoms with Crippen molar-refractivity contribution in [2.45, 2.75) is 32.5 Å². The highest BCUT2D eigenvalue weighted by molar-refractivity contribution is 6.35. The molecule has 0 aliphatic carbocycles. The SMILES string of the molecule is C=CC(=C(/C=O)C(=C)C(=C)/C=C\N=C)/C(=C(/[C@H](C=O)OC(C)(C)C)N(C)C)c1ccc2c(c1Cl)NCCO2. The van der Waals surface area contributed by atoms with E-state index in [4.69, 9.17) is 21.1 Å². The third-order valence-electron chi connectivity index (χ3n) is 5.62. The number of hydrogen-bond acceptors (Lipinski definition) is 7. The topological polar surface area (TPSA) is 80.2 Å². The highest BCUT2D eigenvalue weighted by Crippen LogP contribution is 2.44. The van der Waals surface area contributed by atoms with Gasteiger partial charge in [0.15, 0.2) is 18.7 Å². The van der Waals surface area contributed by atoms with Crippen LogP contribution < -0.4 is 10.1 Å². The minimum Gasteiger partial charge on any atom is -0.490 e. The van der Waals surface area contributed by atoms with Gasteiger partial charge in [0.25, 0.3) is 0 Å². The summed E-state index contributed by atoms with van der Waals surface area (Å²) in [6.07, 6.45) is 5.00. The van der Waals surface area contributed by atoms with Gasteiger partial charge in [0, 0.05) is 43.5 Å². The van der Waals surface area contributed by atoms with Crippen molar-refractivity contribution in [2.24, 2.45) is 4.99 Å². The van der Waals surface area contributed by atoms with Crippen LogP contribution >= 0.6 is 11.6 Å². The van der Waals surface area contributed by atoms with Gasteiger partial charge in [-0.1, -0.05) is 37.4 Å². The van der Waals surface area contributed by atoms with Crippen LogP contribution in [0.25, 0.3) is 5.57 Å². The predicted octanol–water partition coefficient (Wildman–Crippen LogP) is 5.81. The van der Waals surface area contributed by atoms with Gasteiger partial charge in [-0.15, -0.1) is 0 Å². The van der Waals surface area contributed by atoms with Crippen molar-refractivity contribution < 1.29 is 19.1 Å². The molecule has 0 aromatic heterocycles. The van der Waals surface area contributed by atoms with Crippen LogP contribution in [-0.4, -0.2) is 63.1 Å². The number of carbonyl (C=O) groups excluding carboxylic acids is 2. The molecule has 202 valence electrons. The Morgan fingerprint density at radius 2 is 1.92 bits per heavy atom. The van der Waals surface area contributed by atoms with Crippen LogP contribution in [0, 0.1) is 0 Å². The van der Waals surface area contributed by atoms with Crippen molar-refractivity contribution in [3.8, 4) is 5.75 Å². The molecule has 1 aromatic rings. The fourth-order valence-electron chi connectivity index (χ4n) is 4.00. The molecule has 1 aromatic carbocycles. The molecule has 0 fully saturated rings. The van der Waals surface area contributed by atoms with Crippen LogP contribution in [-0.2, 0) is 14.3 Å². The number of fused-ring (bicyclic) bond motifs is 1. The quantitative estimate of drug-likeness (QED) is 0.157. The van der Waals surface area contributed by atoms with Crippen LogP contribution in [0.5, 0.6) is 5.75 Å². The number of benzene rings is 1. The second kappa shape index (κ2) is 13.2. The number of nitrogens with zero attached hydrogens (tertiary/aromatic N) is 2. The molecule has 0 radical (unpaired) electrons. The summed E-state index contributed by atoms with van der Waals surface area (Å²) >= 11 is 6.97. The molecule has 0 spiro atoms. The zero-order valence-corrected chi connectivity index (χ0v) is 23.5. The molecule has 1 N–H and O–H groups in total. The summed E-state index contributed by atoms with van der Waals surface area (Å²) in [6.45, 7) is 22.2. The van der Waals surface area contributed by atoms with E-state index in [2.05, 4.69) is 36.8 Å². The second-order valence-electron chi connectivity index (χ2n) is 9.67. The lowest BCUT2D eigenvalue weighted by Crippen LogP contribution is -2.35. The smallest absolute Gasteiger partial charge is 0.154 e. The maximum absolute atomic E-state index is 12.6. The second-order valence-corrected chi connectivity index (χ2v) is 10.0. The first-order valence-corrected chi connectivity index (χ1v) is 12.4. The Balaban J connectivity index is 3.08. The van der Waals surface area contributed by atoms with Gasteiger partial charge in [0.1, 0.15) is 12.4 Å². The third kappa shape index (κ3) is 7.00. The summed E-state index contributed by atoms with van der Waals surface area (Å²) in [5, 5.41) is 3.64. The van der Waals surface area contributed by atoms with Crippen LogP contribution in [0.15, 0.2) is 83.2 Å². The number of hydrogen-bond donors (Lipinski definition) is 1. The molecule has 0 amide bonds. The zero-order valence-electron chi connectivity index (χ0n) is 22.8. The summed E-state index contributed by atoms with van der Waals surface area (Å²) in [6, 6.07) is 3.58. The Morgan fingerprint density at radius 1 is 1.24 bits per heavy atom. The first kappa shape index (κ1) is 30.5. The van der Waals surface area contributed by atoms with Gasteiger partial charge in [-0.05, 0) is 62.4 Å². The van der Waals surface area contributed by atoms with Crippen molar-refractivity contribution >= 4 is 42.2 Å². The van der Waals surface area contributed by atoms with Gasteiger partial charge in [0.05, 0.1) is 22.0 Å². The summed E-state index contributed by atoms with van der Waals surface area (Å²) in [5.74, 6) is 0.605. The first-order chi connectivity index (χ1) is 17.9. The van der Waals surface area contributed by atoms with Gasteiger partial charge in [-0.2, -0.15) is 0 Å². The number of aldehydes is 2. The van der Waals surface area contributed by atoms with E-state index in [0.29, 0.717) is 69.5 Å². The lowest BCUT2D eigenvalue weighted by molar-refractivity contribution is -0.125. The molecule has 1 atom stereocenters. The molecule has 0 unspecified atom stereocenters. The van der Waals surface area contributed by atoms with E-state index in [1.807, 2.05) is 20.8 Å². The van der Waals surface area contributed by atoms with Crippen molar-refractivity contribution in [1.29, 1.82) is 0 Å². The Hall–Kier alpha value is -3.68. The lowest BCUT2D eigenvalue weighted by atomic mass is 9.86. The number of anilines is 1. The fraction of sp³-hybridized carbons (Fsp3) is 0.300. The van der Waals surface area contributed by atoms with E-state index in [-0.39, 0.29) is 5.57 Å². The number of carbonyl (C=O) groups is 2. The van der Waals surface area contributed by atoms with Crippen molar-refractivity contribution in [3.05, 3.63) is 88.8 Å². The Bertz CT molecular complexity index is 1230. The monoisotopic (exact) mass is 537 g/mol. The number of likely N-dealkylation sites (N-methyl/N-ethyl adjacent to an activating group) is 1. The maximum Gasteiger partial charge on any atom is 0.154 e. The molecule has 1 aliphatic rings. The van der Waals surface area contributed by atoms with Gasteiger partial charge >= 0.3 is 0 Å². The number of allylic oxidation sites excluding steroid dienone is 7. The highest BCUT2D eigenvalue weighted by atomic mass is 35.5. The third-order valence-corrected chi connectivity index (χ3v) is 6.01. The number of halogens is 1. The van der Waals surface area contributed by atoms with E-state index in [1.165, 1.54) is 12.3 Å². The normalized spacial score (nSPS) is 15.1. The molecule has 38 heavy (non-hydrogen) atoms. The molecule has 0 saturated heterocycles. The summed E-state index contributed by atoms with van der Waals surface area (Å²) in [7, 11) is 3.58. The van der Waals surface area contributed by atoms with E-state index >= 15 is 0 Å². The van der Waals surface area contributed by atoms with Crippen LogP contribution in [0.1, 0.15) is 26.3 Å². The summed E-state index contributed by atoms with van der Waals surface area (Å²) in [5.41, 5.74) is 2.88. The van der Waals surface area contributed by atoms with E-state index in [0.717, 1.165) is 6.29 Å². The highest BCUT2D eigenvalue weighted by Gasteiger charge is 2.31. The van der Waals surface area contributed by atoms with Gasteiger partial charge in [-0.3, -0.25) is 9.79 Å². The van der Waals surface area contributed by atoms with Crippen molar-refractivity contribution in [3.63, 3.8) is 0 Å². The average molecular weight is 538 g/mol. The van der Waals surface area contributed by atoms with Gasteiger partial charge < -0.3 is 24.5 Å². The Labute approximate surface area is 230 Å². The average Bonchev–Trinajstić information content (AvgIpc) is 2.87. The molecule has 7 nitrogen and oxygen atoms in total. The molecule has 0 bridgehead atoms. The number of rotatable bonds is 12. The number of aliphatic imine (C=N–C) groups is 1. The zero-order chi connectivity index (χ0) is 28.6. The Kier molecular flexibility index (Phi) is 10.6. The molecule has 1 heterocycles. The fourth-order valence-corrected chi connectivity index (χ4v) is 4.32. The summed E-state index contributed by atoms with van der Waals surface area (Å²) < 4.78 is 11.9. The van der Waals surface area contributed by atoms with Crippen molar-refractivity contribution in [2.75, 3.05) is 32.6 Å². The minimum atomic E-state index is -1.000. The predicted molar refractivity (Wildman–Crippen MR) is 157 cm³/mol. The van der Waals surface area contributed by atoms with Crippen LogP contribution in [0.3, 0.4) is 0 Å². The lowest BCUT2D eigenvalue weighted by Gasteiger charge is -2.33. The number of ether oxygens (including phenoxy) is 2. The van der Waals surface area contributed by atoms with E-state index < -0.39 is 11.7 Å². The van der Waals surface area contributed by atoms with E-state index in [9.17, 15) is 9.59 Å². The molecule has 2 rings (SSSR count). The van der Waals surface area contributed by atoms with Gasteiger partial charge in [0.2, 0.25) is 0 Å². The van der Waals surface area contributed by atoms with Crippen molar-refractivity contribution in [1.82, 2.24) is 4.90 Å². The first-order valence-electron chi connectivity index (χ1n) is 12.0. The van der Waals surface area contributed by atoms with Crippen LogP contribution in [0.2, 0.25) is 5.02 Å². The Morgan fingerprint density at radius 3 is 2.45 bits per heavy atom. The molecular formula is C30H36ClN3O4. The molecule has 0 saturated carbocycles. The maximum atomic E-state index is 12.6. The largest absolute Gasteiger partial charge is 0.490 e. The number of nitrogens with one attached hydrogen (secondary N) is 1. The minimum absolute atomic E-state index is 0.214. The molecular weight excluding hydrogens is 502 g/mol. The standard InChI is InChI=1S/C30H36ClN3O4/c1-10-21(23(17-35)20(3)19(2)13-14-32-7)26(29(34(8)9)25(18-36)38-30(4,5)6)22-11-12-24-28(27(22)31)33-15-16-37-24/h10-14,17-18,25,33H,1-3,7,15-16H2,4-6,8-9H3/b14-13-,23-21+,29-26+/t25-/m0/s1. The van der Waals surface area contributed by atoms with E-state index in [1.54, 1.807) is 37.2 Å². The van der Waals surface area contributed by atoms with Crippen LogP contribution in [0.4, 0.5) is 5.69 Å². The van der Waals surface area contributed by atoms with Gasteiger partial charge in [-0.25, -0.2) is 0 Å².